The number of nitrogens with zero attached hydrogens (tertiary/aromatic N) is 5. The number of aromatic carboxylic acids is 1. The van der Waals surface area contributed by atoms with Gasteiger partial charge in [0.15, 0.2) is 0 Å². The predicted octanol–water partition coefficient (Wildman–Crippen LogP) is 5.43. The van der Waals surface area contributed by atoms with Crippen molar-refractivity contribution in [3.05, 3.63) is 81.9 Å². The van der Waals surface area contributed by atoms with Gasteiger partial charge in [0.05, 0.1) is 39.7 Å². The molecule has 11 heteroatoms. The summed E-state index contributed by atoms with van der Waals surface area (Å²) in [6.07, 6.45) is 6.89. The van der Waals surface area contributed by atoms with Crippen LogP contribution in [0.1, 0.15) is 38.6 Å². The van der Waals surface area contributed by atoms with Gasteiger partial charge in [0, 0.05) is 37.1 Å². The molecule has 0 fully saturated rings. The van der Waals surface area contributed by atoms with Crippen molar-refractivity contribution in [3.8, 4) is 11.3 Å². The van der Waals surface area contributed by atoms with Crippen LogP contribution in [-0.4, -0.2) is 55.6 Å². The first-order valence-electron chi connectivity index (χ1n) is 12.4. The van der Waals surface area contributed by atoms with E-state index in [0.29, 0.717) is 17.3 Å². The van der Waals surface area contributed by atoms with E-state index >= 15 is 0 Å². The van der Waals surface area contributed by atoms with E-state index in [9.17, 15) is 14.3 Å². The number of thioether (sulfide) groups is 1. The fourth-order valence-corrected chi connectivity index (χ4v) is 5.68. The minimum atomic E-state index is -0.942. The lowest BCUT2D eigenvalue weighted by Gasteiger charge is -2.25. The summed E-state index contributed by atoms with van der Waals surface area (Å²) in [5.74, 6) is 0.433. The third-order valence-electron chi connectivity index (χ3n) is 6.59. The second-order valence-electron chi connectivity index (χ2n) is 9.09. The van der Waals surface area contributed by atoms with Gasteiger partial charge in [-0.2, -0.15) is 17.0 Å². The number of hydrogen-bond acceptors (Lipinski definition) is 8. The second-order valence-corrected chi connectivity index (χ2v) is 11.1. The number of thiazole rings is 1. The average molecular weight is 564 g/mol. The first-order chi connectivity index (χ1) is 18.9. The van der Waals surface area contributed by atoms with Gasteiger partial charge in [0.1, 0.15) is 18.2 Å². The largest absolute Gasteiger partial charge is 0.478 e. The molecule has 0 atom stereocenters. The molecule has 1 aliphatic rings. The molecule has 2 aromatic carbocycles. The molecule has 39 heavy (non-hydrogen) atoms. The van der Waals surface area contributed by atoms with Gasteiger partial charge in [0.25, 0.3) is 5.19 Å². The van der Waals surface area contributed by atoms with E-state index in [1.165, 1.54) is 23.0 Å². The van der Waals surface area contributed by atoms with Crippen LogP contribution in [0.25, 0.3) is 16.6 Å². The number of halogens is 1. The summed E-state index contributed by atoms with van der Waals surface area (Å²) < 4.78 is 22.0. The quantitative estimate of drug-likeness (QED) is 0.272. The van der Waals surface area contributed by atoms with Crippen molar-refractivity contribution in [2.24, 2.45) is 0 Å². The van der Waals surface area contributed by atoms with Crippen molar-refractivity contribution in [3.63, 3.8) is 0 Å². The van der Waals surface area contributed by atoms with Crippen LogP contribution in [0.3, 0.4) is 0 Å². The Kier molecular flexibility index (Phi) is 8.26. The second kappa shape index (κ2) is 12.0. The number of ether oxygens (including phenoxy) is 1. The molecule has 4 aromatic rings. The van der Waals surface area contributed by atoms with Crippen LogP contribution in [0.15, 0.2) is 48.7 Å². The van der Waals surface area contributed by atoms with Crippen LogP contribution < -0.4 is 4.74 Å². The molecule has 0 spiro atoms. The van der Waals surface area contributed by atoms with Crippen LogP contribution in [0.4, 0.5) is 4.39 Å². The molecule has 8 nitrogen and oxygen atoms in total. The van der Waals surface area contributed by atoms with Crippen molar-refractivity contribution in [2.45, 2.75) is 26.1 Å². The Morgan fingerprint density at radius 1 is 1.31 bits per heavy atom. The van der Waals surface area contributed by atoms with Gasteiger partial charge in [-0.3, -0.25) is 4.90 Å². The number of benzene rings is 2. The van der Waals surface area contributed by atoms with Gasteiger partial charge in [-0.05, 0) is 48.6 Å². The number of aromatic nitrogens is 3. The highest BCUT2D eigenvalue weighted by molar-refractivity contribution is 7.98. The highest BCUT2D eigenvalue weighted by Gasteiger charge is 2.20. The Hall–Kier alpha value is -3.72. The Morgan fingerprint density at radius 3 is 2.90 bits per heavy atom. The smallest absolute Gasteiger partial charge is 0.335 e. The maximum Gasteiger partial charge on any atom is 0.335 e. The number of carbonyl (C=O) groups is 1. The zero-order valence-corrected chi connectivity index (χ0v) is 22.9. The van der Waals surface area contributed by atoms with Crippen LogP contribution in [-0.2, 0) is 19.7 Å². The summed E-state index contributed by atoms with van der Waals surface area (Å²) in [5, 5.41) is 18.8. The molecule has 0 saturated heterocycles. The summed E-state index contributed by atoms with van der Waals surface area (Å²) in [7, 11) is 0. The fraction of sp³-hybridized carbons (Fsp3) is 0.286. The number of fused-ring (bicyclic) bond motifs is 1. The monoisotopic (exact) mass is 563 g/mol. The van der Waals surface area contributed by atoms with E-state index in [2.05, 4.69) is 26.8 Å². The van der Waals surface area contributed by atoms with Gasteiger partial charge in [-0.15, -0.1) is 0 Å². The van der Waals surface area contributed by atoms with Gasteiger partial charge >= 0.3 is 5.97 Å². The Balaban J connectivity index is 1.24. The minimum Gasteiger partial charge on any atom is -0.478 e. The molecular weight excluding hydrogens is 537 g/mol. The van der Waals surface area contributed by atoms with E-state index in [1.54, 1.807) is 48.3 Å². The van der Waals surface area contributed by atoms with E-state index in [-0.39, 0.29) is 17.7 Å². The lowest BCUT2D eigenvalue weighted by molar-refractivity contribution is 0.0697. The molecule has 2 aromatic heterocycles. The van der Waals surface area contributed by atoms with E-state index in [0.717, 1.165) is 53.5 Å². The van der Waals surface area contributed by atoms with Crippen molar-refractivity contribution < 1.29 is 19.0 Å². The minimum absolute atomic E-state index is 0.0445. The van der Waals surface area contributed by atoms with Crippen LogP contribution >= 0.6 is 23.1 Å². The first kappa shape index (κ1) is 26.9. The predicted molar refractivity (Wildman–Crippen MR) is 151 cm³/mol. The van der Waals surface area contributed by atoms with Crippen molar-refractivity contribution >= 4 is 45.7 Å². The van der Waals surface area contributed by atoms with Crippen molar-refractivity contribution in [2.75, 3.05) is 25.1 Å². The third-order valence-corrected chi connectivity index (χ3v) is 8.16. The number of nitriles is 1. The molecule has 0 saturated carbocycles. The summed E-state index contributed by atoms with van der Waals surface area (Å²) in [4.78, 5) is 24.0. The summed E-state index contributed by atoms with van der Waals surface area (Å²) in [5.41, 5.74) is 3.77. The van der Waals surface area contributed by atoms with E-state index in [1.807, 2.05) is 6.07 Å². The van der Waals surface area contributed by atoms with Gasteiger partial charge in [-0.25, -0.2) is 19.2 Å². The zero-order chi connectivity index (χ0) is 27.4. The SMILES string of the molecule is CSCCn1c(CN2CC=C(c3cnc(OCc4ccc(C#N)cc4F)s3)CC2)nc2ccc(C(=O)O)cc21. The van der Waals surface area contributed by atoms with E-state index in [4.69, 9.17) is 15.0 Å². The van der Waals surface area contributed by atoms with Gasteiger partial charge in [-0.1, -0.05) is 23.5 Å². The van der Waals surface area contributed by atoms with Crippen molar-refractivity contribution in [1.82, 2.24) is 19.4 Å². The fourth-order valence-electron chi connectivity index (χ4n) is 4.48. The summed E-state index contributed by atoms with van der Waals surface area (Å²) in [6, 6.07) is 11.3. The normalized spacial score (nSPS) is 13.8. The lowest BCUT2D eigenvalue weighted by Crippen LogP contribution is -2.29. The number of rotatable bonds is 10. The molecule has 0 unspecified atom stereocenters. The third kappa shape index (κ3) is 6.14. The maximum atomic E-state index is 14.1. The molecule has 1 N–H and O–H groups in total. The van der Waals surface area contributed by atoms with Crippen molar-refractivity contribution in [1.29, 1.82) is 5.26 Å². The van der Waals surface area contributed by atoms with Crippen LogP contribution in [0.2, 0.25) is 0 Å². The van der Waals surface area contributed by atoms with E-state index < -0.39 is 11.8 Å². The number of hydrogen-bond donors (Lipinski definition) is 1. The molecule has 0 bridgehead atoms. The molecule has 200 valence electrons. The number of carboxylic acid groups (broad SMARTS) is 1. The molecule has 1 aliphatic heterocycles. The average Bonchev–Trinajstić information content (AvgIpc) is 3.55. The molecule has 0 amide bonds. The van der Waals surface area contributed by atoms with Gasteiger partial charge < -0.3 is 14.4 Å². The summed E-state index contributed by atoms with van der Waals surface area (Å²) in [6.45, 7) is 3.08. The van der Waals surface area contributed by atoms with Crippen LogP contribution in [0.5, 0.6) is 5.19 Å². The molecule has 3 heterocycles. The Morgan fingerprint density at radius 2 is 2.18 bits per heavy atom. The Labute approximate surface area is 233 Å². The number of aryl methyl sites for hydroxylation is 1. The topological polar surface area (TPSA) is 104 Å². The van der Waals surface area contributed by atoms with Crippen LogP contribution in [0, 0.1) is 17.1 Å². The number of carboxylic acids is 1. The maximum absolute atomic E-state index is 14.1. The standard InChI is InChI=1S/C28H26FN5O3S2/c1-38-11-10-34-24-13-20(27(35)36)4-5-23(24)32-26(34)16-33-8-6-19(7-9-33)25-15-31-28(39-25)37-17-21-3-2-18(14-30)12-22(21)29/h2-6,12-13,15H,7-11,16-17H2,1H3,(H,35,36). The first-order valence-corrected chi connectivity index (χ1v) is 14.6. The molecule has 5 rings (SSSR count). The highest BCUT2D eigenvalue weighted by atomic mass is 32.2. The summed E-state index contributed by atoms with van der Waals surface area (Å²) >= 11 is 3.18. The Bertz CT molecular complexity index is 1590. The molecule has 0 aliphatic carbocycles. The molecule has 0 radical (unpaired) electrons. The lowest BCUT2D eigenvalue weighted by atomic mass is 10.1. The van der Waals surface area contributed by atoms with Gasteiger partial charge in [0.2, 0.25) is 0 Å². The highest BCUT2D eigenvalue weighted by Crippen LogP contribution is 2.32. The molecular formula is C28H26FN5O3S2. The zero-order valence-electron chi connectivity index (χ0n) is 21.3. The number of imidazole rings is 1.